The number of hydrogen-bond donors (Lipinski definition) is 0. The van der Waals surface area contributed by atoms with E-state index in [-0.39, 0.29) is 0 Å². The molecule has 0 unspecified atom stereocenters. The predicted octanol–water partition coefficient (Wildman–Crippen LogP) is 10.5. The van der Waals surface area contributed by atoms with Gasteiger partial charge in [0.05, 0.1) is 32.5 Å². The quantitative estimate of drug-likeness (QED) is 0.188. The lowest BCUT2D eigenvalue weighted by molar-refractivity contribution is 0.477. The predicted molar refractivity (Wildman–Crippen MR) is 191 cm³/mol. The highest BCUT2D eigenvalue weighted by molar-refractivity contribution is 7.92. The maximum atomic E-state index is 13.5. The van der Waals surface area contributed by atoms with E-state index in [1.807, 2.05) is 48.5 Å². The number of hydrogen-bond acceptors (Lipinski definition) is 5. The molecule has 0 radical (unpaired) electrons. The molecule has 2 aliphatic heterocycles. The Balaban J connectivity index is 1.04. The summed E-state index contributed by atoms with van der Waals surface area (Å²) >= 11 is 0. The number of anilines is 6. The Morgan fingerprint density at radius 2 is 0.917 bits per heavy atom. The van der Waals surface area contributed by atoms with E-state index in [2.05, 4.69) is 82.6 Å². The molecule has 7 aromatic carbocycles. The van der Waals surface area contributed by atoms with Gasteiger partial charge in [-0.05, 0) is 119 Å². The van der Waals surface area contributed by atoms with E-state index >= 15 is 0 Å². The molecular formula is C42H28N2O3S. The molecule has 7 aromatic rings. The Hall–Kier alpha value is -5.85. The molecule has 1 aliphatic carbocycles. The molecule has 6 heteroatoms. The van der Waals surface area contributed by atoms with Gasteiger partial charge in [-0.1, -0.05) is 72.8 Å². The van der Waals surface area contributed by atoms with E-state index in [4.69, 9.17) is 4.74 Å². The van der Waals surface area contributed by atoms with Gasteiger partial charge in [0.1, 0.15) is 0 Å². The molecule has 0 aromatic heterocycles. The second-order valence-corrected chi connectivity index (χ2v) is 14.5. The Kier molecular flexibility index (Phi) is 5.72. The highest BCUT2D eigenvalue weighted by atomic mass is 32.2. The molecule has 0 bridgehead atoms. The fourth-order valence-electron chi connectivity index (χ4n) is 7.59. The number of rotatable bonds is 2. The van der Waals surface area contributed by atoms with Gasteiger partial charge < -0.3 is 14.5 Å². The Bertz CT molecular complexity index is 2490. The molecule has 0 spiro atoms. The molecule has 0 saturated carbocycles. The normalized spacial score (nSPS) is 14.9. The van der Waals surface area contributed by atoms with Crippen LogP contribution < -0.4 is 14.5 Å². The first kappa shape index (κ1) is 27.3. The monoisotopic (exact) mass is 640 g/mol. The standard InChI is InChI=1S/C42H28N2O3S/c45-48(46)41-15-7-3-11-37(41)44(38-12-4-8-16-42(38)48)34-20-18-28-22-29-23-31-25-33(19-17-27(31)21-30(29)24-32(28)26-34)43-35-9-1-5-13-39(35)47-40-14-6-2-10-36(40)43/h1-20,22,24-26H,21,23H2. The summed E-state index contributed by atoms with van der Waals surface area (Å²) in [7, 11) is -3.62. The molecule has 3 aliphatic rings. The van der Waals surface area contributed by atoms with Crippen molar-refractivity contribution in [3.8, 4) is 11.5 Å². The number of benzene rings is 7. The lowest BCUT2D eigenvalue weighted by Crippen LogP contribution is -2.22. The van der Waals surface area contributed by atoms with Crippen LogP contribution >= 0.6 is 0 Å². The van der Waals surface area contributed by atoms with Crippen LogP contribution in [0.3, 0.4) is 0 Å². The van der Waals surface area contributed by atoms with Gasteiger partial charge in [-0.2, -0.15) is 0 Å². The molecule has 5 nitrogen and oxygen atoms in total. The third-order valence-corrected chi connectivity index (χ3v) is 11.7. The minimum atomic E-state index is -3.62. The Labute approximate surface area is 278 Å². The van der Waals surface area contributed by atoms with Crippen molar-refractivity contribution in [1.29, 1.82) is 0 Å². The maximum Gasteiger partial charge on any atom is 0.210 e. The summed E-state index contributed by atoms with van der Waals surface area (Å²) < 4.78 is 33.3. The van der Waals surface area contributed by atoms with Gasteiger partial charge in [0.2, 0.25) is 9.84 Å². The molecule has 0 atom stereocenters. The summed E-state index contributed by atoms with van der Waals surface area (Å²) in [6.07, 6.45) is 1.71. The van der Waals surface area contributed by atoms with Crippen LogP contribution in [0.2, 0.25) is 0 Å². The SMILES string of the molecule is O=S1(=O)c2ccccc2N(c2ccc3cc4c(cc3c2)Cc2ccc(N3c5ccccc5Oc5ccccc53)cc2C4)c2ccccc21. The van der Waals surface area contributed by atoms with Crippen molar-refractivity contribution in [2.24, 2.45) is 0 Å². The topological polar surface area (TPSA) is 49.9 Å². The van der Waals surface area contributed by atoms with Crippen LogP contribution in [0.1, 0.15) is 22.3 Å². The maximum absolute atomic E-state index is 13.5. The van der Waals surface area contributed by atoms with E-state index < -0.39 is 9.84 Å². The average Bonchev–Trinajstić information content (AvgIpc) is 3.12. The van der Waals surface area contributed by atoms with Crippen molar-refractivity contribution < 1.29 is 13.2 Å². The highest BCUT2D eigenvalue weighted by Gasteiger charge is 2.34. The molecule has 0 amide bonds. The third kappa shape index (κ3) is 3.99. The number of ether oxygens (including phenoxy) is 1. The summed E-state index contributed by atoms with van der Waals surface area (Å²) in [5, 5.41) is 2.30. The zero-order valence-electron chi connectivity index (χ0n) is 25.8. The van der Waals surface area contributed by atoms with Crippen molar-refractivity contribution in [2.45, 2.75) is 22.6 Å². The zero-order chi connectivity index (χ0) is 32.0. The van der Waals surface area contributed by atoms with Crippen molar-refractivity contribution in [1.82, 2.24) is 0 Å². The minimum absolute atomic E-state index is 0.328. The van der Waals surface area contributed by atoms with Crippen molar-refractivity contribution in [2.75, 3.05) is 9.80 Å². The second-order valence-electron chi connectivity index (χ2n) is 12.6. The van der Waals surface area contributed by atoms with Crippen LogP contribution in [0.5, 0.6) is 11.5 Å². The van der Waals surface area contributed by atoms with E-state index in [1.54, 1.807) is 24.3 Å². The molecule has 48 heavy (non-hydrogen) atoms. The van der Waals surface area contributed by atoms with Gasteiger partial charge >= 0.3 is 0 Å². The molecule has 0 N–H and O–H groups in total. The average molecular weight is 641 g/mol. The number of nitrogens with zero attached hydrogens (tertiary/aromatic N) is 2. The third-order valence-electron chi connectivity index (χ3n) is 9.83. The summed E-state index contributed by atoms with van der Waals surface area (Å²) in [6.45, 7) is 0. The lowest BCUT2D eigenvalue weighted by atomic mass is 9.84. The summed E-state index contributed by atoms with van der Waals surface area (Å²) in [4.78, 5) is 5.03. The highest BCUT2D eigenvalue weighted by Crippen LogP contribution is 2.51. The van der Waals surface area contributed by atoms with E-state index in [1.165, 1.54) is 27.6 Å². The first-order valence-corrected chi connectivity index (χ1v) is 17.6. The Morgan fingerprint density at radius 1 is 0.438 bits per heavy atom. The van der Waals surface area contributed by atoms with Crippen LogP contribution in [0.4, 0.5) is 34.1 Å². The number of fused-ring (bicyclic) bond motifs is 7. The number of sulfone groups is 1. The molecule has 2 heterocycles. The van der Waals surface area contributed by atoms with Gasteiger partial charge in [0.25, 0.3) is 0 Å². The van der Waals surface area contributed by atoms with E-state index in [9.17, 15) is 8.42 Å². The van der Waals surface area contributed by atoms with Crippen LogP contribution in [0, 0.1) is 0 Å². The minimum Gasteiger partial charge on any atom is -0.453 e. The first-order valence-electron chi connectivity index (χ1n) is 16.1. The molecule has 230 valence electrons. The summed E-state index contributed by atoms with van der Waals surface area (Å²) in [6, 6.07) is 48.9. The largest absolute Gasteiger partial charge is 0.453 e. The van der Waals surface area contributed by atoms with Gasteiger partial charge in [-0.15, -0.1) is 0 Å². The number of para-hydroxylation sites is 6. The fourth-order valence-corrected chi connectivity index (χ4v) is 9.22. The zero-order valence-corrected chi connectivity index (χ0v) is 26.6. The van der Waals surface area contributed by atoms with Gasteiger partial charge in [0.15, 0.2) is 11.5 Å². The smallest absolute Gasteiger partial charge is 0.210 e. The van der Waals surface area contributed by atoms with Gasteiger partial charge in [-0.3, -0.25) is 0 Å². The second kappa shape index (κ2) is 10.1. The molecule has 0 saturated heterocycles. The molecule has 10 rings (SSSR count). The van der Waals surface area contributed by atoms with Crippen LogP contribution in [-0.4, -0.2) is 8.42 Å². The van der Waals surface area contributed by atoms with Crippen LogP contribution in [-0.2, 0) is 22.7 Å². The fraction of sp³-hybridized carbons (Fsp3) is 0.0476. The van der Waals surface area contributed by atoms with Gasteiger partial charge in [-0.25, -0.2) is 8.42 Å². The summed E-state index contributed by atoms with van der Waals surface area (Å²) in [5.41, 5.74) is 10.8. The summed E-state index contributed by atoms with van der Waals surface area (Å²) in [5.74, 6) is 1.70. The van der Waals surface area contributed by atoms with Crippen molar-refractivity contribution >= 4 is 54.7 Å². The van der Waals surface area contributed by atoms with Crippen LogP contribution in [0.25, 0.3) is 10.8 Å². The van der Waals surface area contributed by atoms with Crippen molar-refractivity contribution in [3.05, 3.63) is 168 Å². The first-order chi connectivity index (χ1) is 23.5. The Morgan fingerprint density at radius 3 is 1.58 bits per heavy atom. The van der Waals surface area contributed by atoms with E-state index in [0.29, 0.717) is 21.2 Å². The lowest BCUT2D eigenvalue weighted by Gasteiger charge is -2.33. The van der Waals surface area contributed by atoms with Gasteiger partial charge in [0, 0.05) is 11.4 Å². The van der Waals surface area contributed by atoms with Crippen LogP contribution in [0.15, 0.2) is 155 Å². The molecular weight excluding hydrogens is 613 g/mol. The van der Waals surface area contributed by atoms with Crippen molar-refractivity contribution in [3.63, 3.8) is 0 Å². The van der Waals surface area contributed by atoms with E-state index in [0.717, 1.165) is 52.5 Å². The molecule has 0 fully saturated rings.